The number of aromatic nitrogens is 1. The van der Waals surface area contributed by atoms with Gasteiger partial charge in [-0.3, -0.25) is 0 Å². The molecule has 1 aromatic heterocycles. The Morgan fingerprint density at radius 1 is 1.00 bits per heavy atom. The smallest absolute Gasteiger partial charge is 0.0845 e. The fourth-order valence-corrected chi connectivity index (χ4v) is 5.16. The number of aliphatic hydroxyl groups is 1. The molecule has 0 aliphatic heterocycles. The zero-order valence-corrected chi connectivity index (χ0v) is 19.0. The Kier molecular flexibility index (Phi) is 6.27. The average molecular weight is 533 g/mol. The van der Waals surface area contributed by atoms with Gasteiger partial charge in [0.15, 0.2) is 0 Å². The van der Waals surface area contributed by atoms with Gasteiger partial charge in [0.25, 0.3) is 0 Å². The van der Waals surface area contributed by atoms with Crippen molar-refractivity contribution in [2.75, 3.05) is 19.6 Å². The summed E-state index contributed by atoms with van der Waals surface area (Å²) in [7, 11) is 0. The first-order valence-corrected chi connectivity index (χ1v) is 10.8. The molecule has 6 heteroatoms. The Bertz CT molecular complexity index is 903. The lowest BCUT2D eigenvalue weighted by Crippen LogP contribution is -2.34. The summed E-state index contributed by atoms with van der Waals surface area (Å²) in [6, 6.07) is 10.5. The number of hydrogen-bond donors (Lipinski definition) is 1. The standard InChI is InChI=1S/C19H21Br3N2O/c1-3-23(4-2)10-14(25)11-24-18-6-5-12(20)7-15(18)16-8-13(21)9-17(22)19(16)24/h5-9,14,25H,3-4,10-11H2,1-2H3/t14-/m0/s1. The molecule has 0 unspecified atom stereocenters. The lowest BCUT2D eigenvalue weighted by Gasteiger charge is -2.23. The largest absolute Gasteiger partial charge is 0.390 e. The molecule has 0 radical (unpaired) electrons. The van der Waals surface area contributed by atoms with E-state index in [2.05, 4.69) is 101 Å². The number of halogens is 3. The second kappa shape index (κ2) is 8.09. The van der Waals surface area contributed by atoms with E-state index in [0.29, 0.717) is 13.1 Å². The SMILES string of the molecule is CCN(CC)C[C@H](O)Cn1c2ccc(Br)cc2c2cc(Br)cc(Br)c21. The van der Waals surface area contributed by atoms with Gasteiger partial charge in [-0.15, -0.1) is 0 Å². The predicted molar refractivity (Wildman–Crippen MR) is 116 cm³/mol. The topological polar surface area (TPSA) is 28.4 Å². The monoisotopic (exact) mass is 530 g/mol. The molecule has 0 spiro atoms. The minimum Gasteiger partial charge on any atom is -0.390 e. The molecule has 0 bridgehead atoms. The van der Waals surface area contributed by atoms with Crippen molar-refractivity contribution in [3.05, 3.63) is 43.7 Å². The molecule has 25 heavy (non-hydrogen) atoms. The van der Waals surface area contributed by atoms with E-state index in [-0.39, 0.29) is 0 Å². The van der Waals surface area contributed by atoms with Gasteiger partial charge >= 0.3 is 0 Å². The van der Waals surface area contributed by atoms with E-state index >= 15 is 0 Å². The van der Waals surface area contributed by atoms with Crippen LogP contribution in [0.5, 0.6) is 0 Å². The fourth-order valence-electron chi connectivity index (χ4n) is 3.36. The summed E-state index contributed by atoms with van der Waals surface area (Å²) in [6.07, 6.45) is -0.419. The highest BCUT2D eigenvalue weighted by Gasteiger charge is 2.18. The second-order valence-corrected chi connectivity index (χ2v) is 8.88. The Hall–Kier alpha value is -0.400. The summed E-state index contributed by atoms with van der Waals surface area (Å²) in [5.41, 5.74) is 2.26. The van der Waals surface area contributed by atoms with E-state index in [1.54, 1.807) is 0 Å². The van der Waals surface area contributed by atoms with Crippen molar-refractivity contribution >= 4 is 69.6 Å². The molecule has 3 rings (SSSR count). The second-order valence-electron chi connectivity index (χ2n) is 6.20. The lowest BCUT2D eigenvalue weighted by molar-refractivity contribution is 0.105. The van der Waals surface area contributed by atoms with Crippen molar-refractivity contribution in [2.45, 2.75) is 26.5 Å². The molecule has 2 aromatic carbocycles. The van der Waals surface area contributed by atoms with Crippen LogP contribution in [0, 0.1) is 0 Å². The van der Waals surface area contributed by atoms with Crippen LogP contribution in [0.4, 0.5) is 0 Å². The van der Waals surface area contributed by atoms with Gasteiger partial charge in [0.05, 0.1) is 18.2 Å². The van der Waals surface area contributed by atoms with Gasteiger partial charge in [-0.2, -0.15) is 0 Å². The molecule has 1 N–H and O–H groups in total. The number of aliphatic hydroxyl groups excluding tert-OH is 1. The van der Waals surface area contributed by atoms with Gasteiger partial charge in [0.2, 0.25) is 0 Å². The minimum atomic E-state index is -0.419. The van der Waals surface area contributed by atoms with E-state index in [1.165, 1.54) is 10.8 Å². The van der Waals surface area contributed by atoms with Crippen LogP contribution in [-0.4, -0.2) is 40.3 Å². The summed E-state index contributed by atoms with van der Waals surface area (Å²) in [6.45, 7) is 7.40. The van der Waals surface area contributed by atoms with E-state index in [1.807, 2.05) is 0 Å². The van der Waals surface area contributed by atoms with Crippen LogP contribution in [0.25, 0.3) is 21.8 Å². The average Bonchev–Trinajstić information content (AvgIpc) is 2.86. The van der Waals surface area contributed by atoms with Crippen molar-refractivity contribution < 1.29 is 5.11 Å². The van der Waals surface area contributed by atoms with Gasteiger partial charge < -0.3 is 14.6 Å². The van der Waals surface area contributed by atoms with Crippen molar-refractivity contribution in [2.24, 2.45) is 0 Å². The molecular weight excluding hydrogens is 512 g/mol. The van der Waals surface area contributed by atoms with Gasteiger partial charge in [-0.05, 0) is 59.4 Å². The number of hydrogen-bond acceptors (Lipinski definition) is 2. The Morgan fingerprint density at radius 3 is 2.36 bits per heavy atom. The summed E-state index contributed by atoms with van der Waals surface area (Å²) in [5, 5.41) is 13.0. The molecule has 0 aliphatic carbocycles. The zero-order valence-electron chi connectivity index (χ0n) is 14.3. The van der Waals surface area contributed by atoms with Crippen molar-refractivity contribution in [1.29, 1.82) is 0 Å². The fraction of sp³-hybridized carbons (Fsp3) is 0.368. The zero-order chi connectivity index (χ0) is 18.1. The van der Waals surface area contributed by atoms with Crippen LogP contribution in [0.1, 0.15) is 13.8 Å². The Labute approximate surface area is 173 Å². The molecule has 1 heterocycles. The minimum absolute atomic E-state index is 0.419. The van der Waals surface area contributed by atoms with Gasteiger partial charge in [0.1, 0.15) is 0 Å². The molecule has 3 aromatic rings. The normalized spacial score (nSPS) is 13.2. The van der Waals surface area contributed by atoms with E-state index in [4.69, 9.17) is 0 Å². The van der Waals surface area contributed by atoms with Gasteiger partial charge in [-0.1, -0.05) is 45.7 Å². The van der Waals surface area contributed by atoms with Crippen molar-refractivity contribution in [3.8, 4) is 0 Å². The van der Waals surface area contributed by atoms with Gasteiger partial charge in [-0.25, -0.2) is 0 Å². The maximum absolute atomic E-state index is 10.7. The van der Waals surface area contributed by atoms with Crippen LogP contribution >= 0.6 is 47.8 Å². The highest BCUT2D eigenvalue weighted by Crippen LogP contribution is 2.37. The van der Waals surface area contributed by atoms with Crippen LogP contribution in [-0.2, 0) is 6.54 Å². The highest BCUT2D eigenvalue weighted by molar-refractivity contribution is 9.11. The first kappa shape index (κ1) is 19.4. The molecule has 0 saturated carbocycles. The maximum atomic E-state index is 10.7. The molecule has 134 valence electrons. The molecule has 0 amide bonds. The quantitative estimate of drug-likeness (QED) is 0.435. The molecule has 0 saturated heterocycles. The third kappa shape index (κ3) is 3.98. The highest BCUT2D eigenvalue weighted by atomic mass is 79.9. The summed E-state index contributed by atoms with van der Waals surface area (Å²) < 4.78 is 5.34. The Morgan fingerprint density at radius 2 is 1.68 bits per heavy atom. The maximum Gasteiger partial charge on any atom is 0.0845 e. The van der Waals surface area contributed by atoms with Gasteiger partial charge in [0, 0.05) is 36.3 Å². The number of nitrogens with zero attached hydrogens (tertiary/aromatic N) is 2. The van der Waals surface area contributed by atoms with E-state index < -0.39 is 6.10 Å². The van der Waals surface area contributed by atoms with Crippen LogP contribution in [0.3, 0.4) is 0 Å². The number of rotatable bonds is 6. The Balaban J connectivity index is 2.12. The molecule has 0 fully saturated rings. The van der Waals surface area contributed by atoms with Crippen LogP contribution < -0.4 is 0 Å². The third-order valence-corrected chi connectivity index (χ3v) is 6.15. The first-order valence-electron chi connectivity index (χ1n) is 8.41. The van der Waals surface area contributed by atoms with Crippen LogP contribution in [0.15, 0.2) is 43.7 Å². The molecule has 0 aliphatic rings. The number of benzene rings is 2. The molecular formula is C19H21Br3N2O. The van der Waals surface area contributed by atoms with Crippen molar-refractivity contribution in [1.82, 2.24) is 9.47 Å². The summed E-state index contributed by atoms with van der Waals surface area (Å²) in [5.74, 6) is 0. The summed E-state index contributed by atoms with van der Waals surface area (Å²) in [4.78, 5) is 2.25. The number of likely N-dealkylation sites (N-methyl/N-ethyl adjacent to an activating group) is 1. The number of fused-ring (bicyclic) bond motifs is 3. The predicted octanol–water partition coefficient (Wildman–Crippen LogP) is 5.78. The molecule has 3 nitrogen and oxygen atoms in total. The first-order chi connectivity index (χ1) is 11.9. The van der Waals surface area contributed by atoms with Crippen molar-refractivity contribution in [3.63, 3.8) is 0 Å². The third-order valence-electron chi connectivity index (χ3n) is 4.59. The lowest BCUT2D eigenvalue weighted by atomic mass is 10.2. The van der Waals surface area contributed by atoms with E-state index in [9.17, 15) is 5.11 Å². The molecule has 1 atom stereocenters. The summed E-state index contributed by atoms with van der Waals surface area (Å²) >= 11 is 10.9. The van der Waals surface area contributed by atoms with Crippen LogP contribution in [0.2, 0.25) is 0 Å². The van der Waals surface area contributed by atoms with E-state index in [0.717, 1.165) is 37.5 Å².